The van der Waals surface area contributed by atoms with Gasteiger partial charge in [0.15, 0.2) is 0 Å². The molecular weight excluding hydrogens is 223 g/mol. The molecule has 0 N–H and O–H groups in total. The Balaban J connectivity index is 3.24. The predicted octanol–water partition coefficient (Wildman–Crippen LogP) is 5.16. The van der Waals surface area contributed by atoms with Crippen molar-refractivity contribution in [3.8, 4) is 0 Å². The number of hydrogen-bond acceptors (Lipinski definition) is 0. The average molecular weight is 243 g/mol. The Morgan fingerprint density at radius 2 is 1.69 bits per heavy atom. The van der Waals surface area contributed by atoms with Gasteiger partial charge in [-0.3, -0.25) is 0 Å². The fourth-order valence-corrected chi connectivity index (χ4v) is 2.39. The van der Waals surface area contributed by atoms with Crippen LogP contribution in [0.15, 0.2) is 12.1 Å². The van der Waals surface area contributed by atoms with Gasteiger partial charge in [-0.15, -0.1) is 11.6 Å². The summed E-state index contributed by atoms with van der Waals surface area (Å²) in [5.74, 6) is -0.183. The summed E-state index contributed by atoms with van der Waals surface area (Å²) in [6, 6.07) is 3.12. The van der Waals surface area contributed by atoms with Crippen LogP contribution in [0.1, 0.15) is 49.3 Å². The van der Waals surface area contributed by atoms with Crippen molar-refractivity contribution < 1.29 is 4.39 Å². The summed E-state index contributed by atoms with van der Waals surface area (Å²) >= 11 is 6.54. The molecule has 1 aromatic carbocycles. The second-order valence-electron chi connectivity index (χ2n) is 5.16. The first-order valence-corrected chi connectivity index (χ1v) is 6.14. The molecule has 90 valence electrons. The lowest BCUT2D eigenvalue weighted by Gasteiger charge is -2.31. The molecule has 1 unspecified atom stereocenters. The van der Waals surface area contributed by atoms with Gasteiger partial charge in [-0.05, 0) is 54.5 Å². The van der Waals surface area contributed by atoms with Crippen molar-refractivity contribution in [2.24, 2.45) is 5.41 Å². The van der Waals surface area contributed by atoms with Gasteiger partial charge in [0.05, 0.1) is 5.38 Å². The smallest absolute Gasteiger partial charge is 0.123 e. The van der Waals surface area contributed by atoms with Gasteiger partial charge in [-0.1, -0.05) is 20.8 Å². The molecule has 2 heteroatoms. The van der Waals surface area contributed by atoms with E-state index in [4.69, 9.17) is 11.6 Å². The average Bonchev–Trinajstić information content (AvgIpc) is 2.15. The van der Waals surface area contributed by atoms with Crippen molar-refractivity contribution in [2.45, 2.75) is 46.4 Å². The van der Waals surface area contributed by atoms with Crippen LogP contribution in [-0.2, 0) is 0 Å². The zero-order valence-corrected chi connectivity index (χ0v) is 11.5. The molecule has 0 aliphatic carbocycles. The molecule has 1 rings (SSSR count). The number of benzene rings is 1. The highest BCUT2D eigenvalue weighted by Crippen LogP contribution is 2.43. The third-order valence-electron chi connectivity index (χ3n) is 3.41. The molecule has 0 heterocycles. The summed E-state index contributed by atoms with van der Waals surface area (Å²) < 4.78 is 13.2. The van der Waals surface area contributed by atoms with Gasteiger partial charge in [-0.2, -0.15) is 0 Å². The minimum atomic E-state index is -0.183. The van der Waals surface area contributed by atoms with Crippen LogP contribution in [0.25, 0.3) is 0 Å². The fraction of sp³-hybridized carbons (Fsp3) is 0.571. The van der Waals surface area contributed by atoms with E-state index in [1.807, 2.05) is 13.8 Å². The highest BCUT2D eigenvalue weighted by Gasteiger charge is 2.29. The van der Waals surface area contributed by atoms with E-state index in [2.05, 4.69) is 20.8 Å². The molecule has 0 amide bonds. The predicted molar refractivity (Wildman–Crippen MR) is 68.5 cm³/mol. The standard InChI is InChI=1S/C14H20ClF/c1-6-14(4,5)13(15)12-9(2)7-11(16)8-10(12)3/h7-8,13H,6H2,1-5H3. The topological polar surface area (TPSA) is 0 Å². The van der Waals surface area contributed by atoms with Crippen molar-refractivity contribution in [1.29, 1.82) is 0 Å². The van der Waals surface area contributed by atoms with Crippen LogP contribution < -0.4 is 0 Å². The molecule has 0 saturated heterocycles. The fourth-order valence-electron chi connectivity index (χ4n) is 1.89. The molecule has 0 bridgehead atoms. The lowest BCUT2D eigenvalue weighted by atomic mass is 9.80. The Hall–Kier alpha value is -0.560. The zero-order valence-electron chi connectivity index (χ0n) is 10.7. The van der Waals surface area contributed by atoms with Crippen molar-refractivity contribution >= 4 is 11.6 Å². The summed E-state index contributed by atoms with van der Waals surface area (Å²) in [4.78, 5) is 0. The van der Waals surface area contributed by atoms with Crippen LogP contribution in [-0.4, -0.2) is 0 Å². The number of rotatable bonds is 3. The van der Waals surface area contributed by atoms with Crippen LogP contribution in [0.2, 0.25) is 0 Å². The molecule has 0 aliphatic rings. The summed E-state index contributed by atoms with van der Waals surface area (Å²) in [7, 11) is 0. The van der Waals surface area contributed by atoms with Crippen molar-refractivity contribution in [3.63, 3.8) is 0 Å². The minimum Gasteiger partial charge on any atom is -0.207 e. The van der Waals surface area contributed by atoms with Gasteiger partial charge < -0.3 is 0 Å². The SMILES string of the molecule is CCC(C)(C)C(Cl)c1c(C)cc(F)cc1C. The Labute approximate surface area is 103 Å². The molecule has 1 atom stereocenters. The van der Waals surface area contributed by atoms with Gasteiger partial charge in [0.1, 0.15) is 5.82 Å². The largest absolute Gasteiger partial charge is 0.207 e. The Morgan fingerprint density at radius 3 is 2.06 bits per heavy atom. The highest BCUT2D eigenvalue weighted by atomic mass is 35.5. The molecule has 0 fully saturated rings. The first-order chi connectivity index (χ1) is 7.29. The highest BCUT2D eigenvalue weighted by molar-refractivity contribution is 6.21. The van der Waals surface area contributed by atoms with Crippen molar-refractivity contribution in [3.05, 3.63) is 34.6 Å². The van der Waals surface area contributed by atoms with E-state index in [-0.39, 0.29) is 16.6 Å². The van der Waals surface area contributed by atoms with Gasteiger partial charge in [0, 0.05) is 0 Å². The van der Waals surface area contributed by atoms with Gasteiger partial charge >= 0.3 is 0 Å². The van der Waals surface area contributed by atoms with Crippen LogP contribution in [0.4, 0.5) is 4.39 Å². The Morgan fingerprint density at radius 1 is 1.25 bits per heavy atom. The van der Waals surface area contributed by atoms with Gasteiger partial charge in [-0.25, -0.2) is 4.39 Å². The van der Waals surface area contributed by atoms with E-state index < -0.39 is 0 Å². The Bertz CT molecular complexity index is 359. The molecule has 0 nitrogen and oxygen atoms in total. The minimum absolute atomic E-state index is 0.0227. The van der Waals surface area contributed by atoms with Crippen LogP contribution in [0, 0.1) is 25.1 Å². The summed E-state index contributed by atoms with van der Waals surface area (Å²) in [5.41, 5.74) is 2.99. The maximum atomic E-state index is 13.2. The van der Waals surface area contributed by atoms with Crippen molar-refractivity contribution in [2.75, 3.05) is 0 Å². The van der Waals surface area contributed by atoms with E-state index in [0.717, 1.165) is 23.1 Å². The molecule has 0 radical (unpaired) electrons. The molecule has 16 heavy (non-hydrogen) atoms. The summed E-state index contributed by atoms with van der Waals surface area (Å²) in [5, 5.41) is -0.0712. The number of halogens is 2. The Kier molecular flexibility index (Phi) is 4.01. The normalized spacial score (nSPS) is 13.9. The lowest BCUT2D eigenvalue weighted by Crippen LogP contribution is -2.18. The van der Waals surface area contributed by atoms with E-state index in [1.165, 1.54) is 0 Å². The summed E-state index contributed by atoms with van der Waals surface area (Å²) in [6.45, 7) is 10.3. The molecule has 0 aromatic heterocycles. The van der Waals surface area contributed by atoms with E-state index in [1.54, 1.807) is 12.1 Å². The maximum absolute atomic E-state index is 13.2. The zero-order chi connectivity index (χ0) is 12.5. The van der Waals surface area contributed by atoms with Crippen molar-refractivity contribution in [1.82, 2.24) is 0 Å². The molecule has 0 saturated carbocycles. The molecule has 0 spiro atoms. The lowest BCUT2D eigenvalue weighted by molar-refractivity contribution is 0.334. The number of alkyl halides is 1. The molecule has 1 aromatic rings. The first-order valence-electron chi connectivity index (χ1n) is 5.70. The second kappa shape index (κ2) is 4.75. The number of aryl methyl sites for hydroxylation is 2. The molecular formula is C14H20ClF. The van der Waals surface area contributed by atoms with Gasteiger partial charge in [0.25, 0.3) is 0 Å². The van der Waals surface area contributed by atoms with Crippen LogP contribution in [0.3, 0.4) is 0 Å². The quantitative estimate of drug-likeness (QED) is 0.643. The monoisotopic (exact) mass is 242 g/mol. The first kappa shape index (κ1) is 13.5. The van der Waals surface area contributed by atoms with E-state index >= 15 is 0 Å². The second-order valence-corrected chi connectivity index (χ2v) is 5.59. The maximum Gasteiger partial charge on any atom is 0.123 e. The van der Waals surface area contributed by atoms with Crippen LogP contribution in [0.5, 0.6) is 0 Å². The van der Waals surface area contributed by atoms with Crippen LogP contribution >= 0.6 is 11.6 Å². The summed E-state index contributed by atoms with van der Waals surface area (Å²) in [6.07, 6.45) is 0.997. The third-order valence-corrected chi connectivity index (χ3v) is 4.22. The number of hydrogen-bond donors (Lipinski definition) is 0. The molecule has 0 aliphatic heterocycles. The van der Waals surface area contributed by atoms with E-state index in [0.29, 0.717) is 0 Å². The third kappa shape index (κ3) is 2.57. The van der Waals surface area contributed by atoms with Gasteiger partial charge in [0.2, 0.25) is 0 Å². The van der Waals surface area contributed by atoms with E-state index in [9.17, 15) is 4.39 Å².